The molecular weight excluding hydrogens is 124 g/mol. The molecule has 2 aliphatic carbocycles. The van der Waals surface area contributed by atoms with Crippen molar-refractivity contribution >= 4 is 0 Å². The number of aliphatic hydroxyl groups is 1. The van der Waals surface area contributed by atoms with Crippen LogP contribution in [0.1, 0.15) is 33.1 Å². The molecule has 2 aliphatic rings. The second-order valence-corrected chi connectivity index (χ2v) is 4.70. The minimum absolute atomic E-state index is 0.0313. The standard InChI is InChI=1S/C9H16O/c1-9(2)5-7-3-6(7)4-8(9)10/h6-8,10H,3-5H2,1-2H3. The molecule has 0 spiro atoms. The predicted octanol–water partition coefficient (Wildman–Crippen LogP) is 1.80. The molecule has 0 radical (unpaired) electrons. The van der Waals surface area contributed by atoms with Gasteiger partial charge in [-0.05, 0) is 36.5 Å². The summed E-state index contributed by atoms with van der Waals surface area (Å²) < 4.78 is 0. The lowest BCUT2D eigenvalue weighted by molar-refractivity contribution is 0.00932. The van der Waals surface area contributed by atoms with Gasteiger partial charge in [0.25, 0.3) is 0 Å². The van der Waals surface area contributed by atoms with E-state index in [4.69, 9.17) is 0 Å². The van der Waals surface area contributed by atoms with E-state index in [1.165, 1.54) is 12.8 Å². The Morgan fingerprint density at radius 1 is 1.20 bits per heavy atom. The Kier molecular flexibility index (Phi) is 1.17. The zero-order chi connectivity index (χ0) is 7.35. The highest BCUT2D eigenvalue weighted by Crippen LogP contribution is 2.55. The maximum Gasteiger partial charge on any atom is 0.0594 e. The topological polar surface area (TPSA) is 20.2 Å². The zero-order valence-electron chi connectivity index (χ0n) is 6.80. The first-order chi connectivity index (χ1) is 4.59. The van der Waals surface area contributed by atoms with Crippen LogP contribution in [-0.4, -0.2) is 11.2 Å². The van der Waals surface area contributed by atoms with Gasteiger partial charge in [-0.3, -0.25) is 0 Å². The molecule has 2 fully saturated rings. The Balaban J connectivity index is 2.08. The summed E-state index contributed by atoms with van der Waals surface area (Å²) in [4.78, 5) is 0. The molecule has 0 heterocycles. The molecule has 58 valence electrons. The van der Waals surface area contributed by atoms with E-state index in [2.05, 4.69) is 13.8 Å². The third-order valence-electron chi connectivity index (χ3n) is 3.29. The van der Waals surface area contributed by atoms with E-state index in [9.17, 15) is 5.11 Å². The molecule has 0 aromatic heterocycles. The van der Waals surface area contributed by atoms with Gasteiger partial charge in [0, 0.05) is 0 Å². The fourth-order valence-electron chi connectivity index (χ4n) is 2.27. The summed E-state index contributed by atoms with van der Waals surface area (Å²) in [5.41, 5.74) is 0.206. The minimum atomic E-state index is -0.0313. The molecule has 0 aromatic rings. The van der Waals surface area contributed by atoms with E-state index in [1.807, 2.05) is 0 Å². The fourth-order valence-corrected chi connectivity index (χ4v) is 2.27. The lowest BCUT2D eigenvalue weighted by Gasteiger charge is -2.34. The fraction of sp³-hybridized carbons (Fsp3) is 1.00. The van der Waals surface area contributed by atoms with E-state index in [0.29, 0.717) is 0 Å². The number of aliphatic hydroxyl groups excluding tert-OH is 1. The minimum Gasteiger partial charge on any atom is -0.393 e. The molecule has 2 saturated carbocycles. The van der Waals surface area contributed by atoms with E-state index in [1.54, 1.807) is 0 Å². The van der Waals surface area contributed by atoms with E-state index in [0.717, 1.165) is 18.3 Å². The monoisotopic (exact) mass is 140 g/mol. The first-order valence-corrected chi connectivity index (χ1v) is 4.28. The second kappa shape index (κ2) is 1.76. The van der Waals surface area contributed by atoms with Gasteiger partial charge in [0.05, 0.1) is 6.10 Å². The van der Waals surface area contributed by atoms with Gasteiger partial charge < -0.3 is 5.11 Å². The lowest BCUT2D eigenvalue weighted by atomic mass is 9.75. The van der Waals surface area contributed by atoms with Gasteiger partial charge >= 0.3 is 0 Å². The van der Waals surface area contributed by atoms with Crippen LogP contribution in [0, 0.1) is 17.3 Å². The highest BCUT2D eigenvalue weighted by molar-refractivity contribution is 4.99. The van der Waals surface area contributed by atoms with Gasteiger partial charge in [-0.15, -0.1) is 0 Å². The highest BCUT2D eigenvalue weighted by Gasteiger charge is 2.49. The summed E-state index contributed by atoms with van der Waals surface area (Å²) in [6.07, 6.45) is 3.67. The summed E-state index contributed by atoms with van der Waals surface area (Å²) >= 11 is 0. The first-order valence-electron chi connectivity index (χ1n) is 4.28. The molecule has 2 rings (SSSR count). The SMILES string of the molecule is CC1(C)CC2CC2CC1O. The van der Waals surface area contributed by atoms with Crippen molar-refractivity contribution in [2.75, 3.05) is 0 Å². The van der Waals surface area contributed by atoms with Crippen LogP contribution in [0.2, 0.25) is 0 Å². The van der Waals surface area contributed by atoms with E-state index >= 15 is 0 Å². The Bertz CT molecular complexity index is 151. The van der Waals surface area contributed by atoms with Crippen molar-refractivity contribution in [1.29, 1.82) is 0 Å². The van der Waals surface area contributed by atoms with Crippen LogP contribution < -0.4 is 0 Å². The van der Waals surface area contributed by atoms with Crippen molar-refractivity contribution in [3.8, 4) is 0 Å². The largest absolute Gasteiger partial charge is 0.393 e. The lowest BCUT2D eigenvalue weighted by Crippen LogP contribution is -2.33. The maximum atomic E-state index is 9.63. The van der Waals surface area contributed by atoms with Crippen molar-refractivity contribution < 1.29 is 5.11 Å². The van der Waals surface area contributed by atoms with Crippen molar-refractivity contribution in [3.63, 3.8) is 0 Å². The molecular formula is C9H16O. The Hall–Kier alpha value is -0.0400. The van der Waals surface area contributed by atoms with Gasteiger partial charge in [0.2, 0.25) is 0 Å². The van der Waals surface area contributed by atoms with Crippen LogP contribution in [0.25, 0.3) is 0 Å². The van der Waals surface area contributed by atoms with Crippen LogP contribution in [0.3, 0.4) is 0 Å². The smallest absolute Gasteiger partial charge is 0.0594 e. The highest BCUT2D eigenvalue weighted by atomic mass is 16.3. The molecule has 0 amide bonds. The van der Waals surface area contributed by atoms with Crippen LogP contribution in [0.4, 0.5) is 0 Å². The number of rotatable bonds is 0. The molecule has 1 heteroatoms. The third kappa shape index (κ3) is 0.878. The molecule has 3 atom stereocenters. The van der Waals surface area contributed by atoms with Gasteiger partial charge in [0.15, 0.2) is 0 Å². The Morgan fingerprint density at radius 3 is 2.50 bits per heavy atom. The molecule has 1 N–H and O–H groups in total. The normalized spacial score (nSPS) is 50.1. The van der Waals surface area contributed by atoms with E-state index < -0.39 is 0 Å². The Morgan fingerprint density at radius 2 is 1.90 bits per heavy atom. The summed E-state index contributed by atoms with van der Waals surface area (Å²) in [7, 11) is 0. The number of hydrogen-bond acceptors (Lipinski definition) is 1. The predicted molar refractivity (Wildman–Crippen MR) is 40.6 cm³/mol. The average molecular weight is 140 g/mol. The van der Waals surface area contributed by atoms with Crippen molar-refractivity contribution in [3.05, 3.63) is 0 Å². The van der Waals surface area contributed by atoms with Crippen molar-refractivity contribution in [2.24, 2.45) is 17.3 Å². The molecule has 0 bridgehead atoms. The molecule has 0 aromatic carbocycles. The second-order valence-electron chi connectivity index (χ2n) is 4.70. The molecule has 10 heavy (non-hydrogen) atoms. The molecule has 0 saturated heterocycles. The van der Waals surface area contributed by atoms with Crippen LogP contribution >= 0.6 is 0 Å². The number of hydrogen-bond donors (Lipinski definition) is 1. The molecule has 3 unspecified atom stereocenters. The van der Waals surface area contributed by atoms with Crippen LogP contribution in [0.5, 0.6) is 0 Å². The third-order valence-corrected chi connectivity index (χ3v) is 3.29. The van der Waals surface area contributed by atoms with Gasteiger partial charge in [-0.2, -0.15) is 0 Å². The van der Waals surface area contributed by atoms with Crippen LogP contribution in [0.15, 0.2) is 0 Å². The summed E-state index contributed by atoms with van der Waals surface area (Å²) in [5.74, 6) is 1.86. The number of fused-ring (bicyclic) bond motifs is 1. The van der Waals surface area contributed by atoms with Crippen molar-refractivity contribution in [1.82, 2.24) is 0 Å². The summed E-state index contributed by atoms with van der Waals surface area (Å²) in [5, 5.41) is 9.63. The zero-order valence-corrected chi connectivity index (χ0v) is 6.80. The quantitative estimate of drug-likeness (QED) is 0.544. The first kappa shape index (κ1) is 6.66. The average Bonchev–Trinajstić information content (AvgIpc) is 2.44. The van der Waals surface area contributed by atoms with Gasteiger partial charge in [0.1, 0.15) is 0 Å². The van der Waals surface area contributed by atoms with Crippen molar-refractivity contribution in [2.45, 2.75) is 39.2 Å². The Labute approximate surface area is 62.4 Å². The van der Waals surface area contributed by atoms with Crippen LogP contribution in [-0.2, 0) is 0 Å². The molecule has 0 aliphatic heterocycles. The summed E-state index contributed by atoms with van der Waals surface area (Å²) in [6, 6.07) is 0. The maximum absolute atomic E-state index is 9.63. The van der Waals surface area contributed by atoms with Gasteiger partial charge in [-0.1, -0.05) is 13.8 Å². The summed E-state index contributed by atoms with van der Waals surface area (Å²) in [6.45, 7) is 4.37. The van der Waals surface area contributed by atoms with E-state index in [-0.39, 0.29) is 11.5 Å². The molecule has 1 nitrogen and oxygen atoms in total. The van der Waals surface area contributed by atoms with Gasteiger partial charge in [-0.25, -0.2) is 0 Å².